The maximum Gasteiger partial charge on any atom is 0.417 e. The van der Waals surface area contributed by atoms with Gasteiger partial charge in [-0.2, -0.15) is 22.5 Å². The first-order chi connectivity index (χ1) is 14.7. The molecular weight excluding hydrogens is 455 g/mol. The third kappa shape index (κ3) is 4.46. The van der Waals surface area contributed by atoms with Gasteiger partial charge in [-0.25, -0.2) is 8.42 Å². The molecule has 1 fully saturated rings. The van der Waals surface area contributed by atoms with Crippen LogP contribution in [0.2, 0.25) is 5.02 Å². The van der Waals surface area contributed by atoms with E-state index in [9.17, 15) is 21.6 Å². The van der Waals surface area contributed by atoms with Gasteiger partial charge in [0.2, 0.25) is 21.7 Å². The van der Waals surface area contributed by atoms with Crippen LogP contribution in [0, 0.1) is 0 Å². The number of alkyl halides is 3. The van der Waals surface area contributed by atoms with Crippen LogP contribution in [0.25, 0.3) is 11.4 Å². The largest absolute Gasteiger partial charge is 0.417 e. The standard InChI is InChI=1S/C20H17ClF3N3O3S/c21-15-9-7-13(8-10-15)18-25-19(30-26-18)14-4-3-11-27(12-14)31(28,29)17-6-2-1-5-16(17)20(22,23)24/h1-2,5-10,14H,3-4,11-12H2/t14-/m0/s1. The number of hydrogen-bond donors (Lipinski definition) is 0. The lowest BCUT2D eigenvalue weighted by molar-refractivity contribution is -0.139. The SMILES string of the molecule is O=S(=O)(c1ccccc1C(F)(F)F)N1CCC[C@H](c2nc(-c3ccc(Cl)cc3)no2)C1. The van der Waals surface area contributed by atoms with Gasteiger partial charge in [-0.05, 0) is 49.2 Å². The molecule has 4 rings (SSSR count). The molecule has 0 aliphatic carbocycles. The fourth-order valence-corrected chi connectivity index (χ4v) is 5.41. The molecule has 0 N–H and O–H groups in total. The minimum Gasteiger partial charge on any atom is -0.339 e. The van der Waals surface area contributed by atoms with Crippen LogP contribution in [0.4, 0.5) is 13.2 Å². The number of nitrogens with zero attached hydrogens (tertiary/aromatic N) is 3. The van der Waals surface area contributed by atoms with Crippen molar-refractivity contribution in [1.82, 2.24) is 14.4 Å². The number of sulfonamides is 1. The van der Waals surface area contributed by atoms with Crippen LogP contribution >= 0.6 is 11.6 Å². The van der Waals surface area contributed by atoms with Crippen LogP contribution in [0.5, 0.6) is 0 Å². The van der Waals surface area contributed by atoms with E-state index in [1.165, 1.54) is 6.07 Å². The average Bonchev–Trinajstić information content (AvgIpc) is 3.24. The summed E-state index contributed by atoms with van der Waals surface area (Å²) >= 11 is 5.88. The van der Waals surface area contributed by atoms with Gasteiger partial charge in [0.1, 0.15) is 0 Å². The molecule has 2 heterocycles. The van der Waals surface area contributed by atoms with Gasteiger partial charge in [0, 0.05) is 23.7 Å². The Balaban J connectivity index is 1.59. The number of aromatic nitrogens is 2. The van der Waals surface area contributed by atoms with E-state index < -0.39 is 32.6 Å². The molecular formula is C20H17ClF3N3O3S. The van der Waals surface area contributed by atoms with Crippen LogP contribution in [0.1, 0.15) is 30.2 Å². The Morgan fingerprint density at radius 1 is 1.10 bits per heavy atom. The van der Waals surface area contributed by atoms with Gasteiger partial charge >= 0.3 is 6.18 Å². The second-order valence-corrected chi connectivity index (χ2v) is 9.50. The summed E-state index contributed by atoms with van der Waals surface area (Å²) in [7, 11) is -4.36. The zero-order chi connectivity index (χ0) is 22.2. The molecule has 3 aromatic rings. The van der Waals surface area contributed by atoms with Crippen molar-refractivity contribution >= 4 is 21.6 Å². The lowest BCUT2D eigenvalue weighted by Gasteiger charge is -2.30. The van der Waals surface area contributed by atoms with Crippen molar-refractivity contribution in [3.63, 3.8) is 0 Å². The zero-order valence-corrected chi connectivity index (χ0v) is 17.6. The molecule has 164 valence electrons. The molecule has 0 saturated carbocycles. The predicted octanol–water partition coefficient (Wildman–Crippen LogP) is 4.98. The van der Waals surface area contributed by atoms with Gasteiger partial charge in [0.15, 0.2) is 0 Å². The lowest BCUT2D eigenvalue weighted by atomic mass is 10.00. The molecule has 11 heteroatoms. The molecule has 0 unspecified atom stereocenters. The van der Waals surface area contributed by atoms with Crippen molar-refractivity contribution < 1.29 is 26.1 Å². The van der Waals surface area contributed by atoms with Crippen molar-refractivity contribution in [2.45, 2.75) is 29.8 Å². The lowest BCUT2D eigenvalue weighted by Crippen LogP contribution is -2.39. The second kappa shape index (κ2) is 8.25. The Hall–Kier alpha value is -2.43. The summed E-state index contributed by atoms with van der Waals surface area (Å²) in [5, 5.41) is 4.49. The van der Waals surface area contributed by atoms with Crippen molar-refractivity contribution in [2.75, 3.05) is 13.1 Å². The number of benzene rings is 2. The van der Waals surface area contributed by atoms with E-state index in [1.54, 1.807) is 24.3 Å². The summed E-state index contributed by atoms with van der Waals surface area (Å²) in [6.07, 6.45) is -3.75. The number of piperidine rings is 1. The van der Waals surface area contributed by atoms with Gasteiger partial charge in [-0.15, -0.1) is 0 Å². The highest BCUT2D eigenvalue weighted by Crippen LogP contribution is 2.37. The van der Waals surface area contributed by atoms with E-state index in [-0.39, 0.29) is 19.0 Å². The third-order valence-corrected chi connectivity index (χ3v) is 7.26. The second-order valence-electron chi connectivity index (χ2n) is 7.16. The van der Waals surface area contributed by atoms with Crippen molar-refractivity contribution in [3.8, 4) is 11.4 Å². The highest BCUT2D eigenvalue weighted by atomic mass is 35.5. The Morgan fingerprint density at radius 3 is 2.52 bits per heavy atom. The first-order valence-corrected chi connectivity index (χ1v) is 11.2. The van der Waals surface area contributed by atoms with Gasteiger partial charge in [-0.1, -0.05) is 28.9 Å². The van der Waals surface area contributed by atoms with Crippen LogP contribution in [-0.2, 0) is 16.2 Å². The first-order valence-electron chi connectivity index (χ1n) is 9.42. The first kappa shape index (κ1) is 21.8. The highest BCUT2D eigenvalue weighted by Gasteiger charge is 2.40. The Bertz CT molecular complexity index is 1180. The predicted molar refractivity (Wildman–Crippen MR) is 107 cm³/mol. The molecule has 0 spiro atoms. The van der Waals surface area contributed by atoms with Crippen molar-refractivity contribution in [2.24, 2.45) is 0 Å². The van der Waals surface area contributed by atoms with E-state index in [0.29, 0.717) is 29.3 Å². The molecule has 2 aromatic carbocycles. The molecule has 31 heavy (non-hydrogen) atoms. The van der Waals surface area contributed by atoms with E-state index in [4.69, 9.17) is 16.1 Å². The topological polar surface area (TPSA) is 76.3 Å². The summed E-state index contributed by atoms with van der Waals surface area (Å²) in [5.41, 5.74) is -0.501. The third-order valence-electron chi connectivity index (χ3n) is 5.09. The fourth-order valence-electron chi connectivity index (χ4n) is 3.54. The maximum atomic E-state index is 13.4. The molecule has 1 aliphatic rings. The normalized spacial score (nSPS) is 18.3. The Morgan fingerprint density at radius 2 is 1.81 bits per heavy atom. The quantitative estimate of drug-likeness (QED) is 0.536. The van der Waals surface area contributed by atoms with Crippen molar-refractivity contribution in [3.05, 3.63) is 65.0 Å². The van der Waals surface area contributed by atoms with E-state index in [2.05, 4.69) is 10.1 Å². The van der Waals surface area contributed by atoms with Crippen molar-refractivity contribution in [1.29, 1.82) is 0 Å². The summed E-state index contributed by atoms with van der Waals surface area (Å²) in [4.78, 5) is 3.60. The highest BCUT2D eigenvalue weighted by molar-refractivity contribution is 7.89. The number of halogens is 4. The average molecular weight is 472 g/mol. The summed E-state index contributed by atoms with van der Waals surface area (Å²) in [5.74, 6) is 0.151. The van der Waals surface area contributed by atoms with E-state index in [1.807, 2.05) is 0 Å². The smallest absolute Gasteiger partial charge is 0.339 e. The van der Waals surface area contributed by atoms with Crippen LogP contribution in [0.15, 0.2) is 57.9 Å². The fraction of sp³-hybridized carbons (Fsp3) is 0.300. The van der Waals surface area contributed by atoms with Gasteiger partial charge in [0.05, 0.1) is 16.4 Å². The maximum absolute atomic E-state index is 13.4. The molecule has 1 atom stereocenters. The zero-order valence-electron chi connectivity index (χ0n) is 16.0. The molecule has 1 aliphatic heterocycles. The van der Waals surface area contributed by atoms with Crippen LogP contribution < -0.4 is 0 Å². The minimum atomic E-state index is -4.78. The Labute approximate surface area is 181 Å². The summed E-state index contributed by atoms with van der Waals surface area (Å²) in [6.45, 7) is 0.0694. The Kier molecular flexibility index (Phi) is 5.80. The minimum absolute atomic E-state index is 0.0449. The van der Waals surface area contributed by atoms with Crippen LogP contribution in [0.3, 0.4) is 0 Å². The molecule has 6 nitrogen and oxygen atoms in total. The van der Waals surface area contributed by atoms with Gasteiger partial charge in [-0.3, -0.25) is 0 Å². The molecule has 1 aromatic heterocycles. The van der Waals surface area contributed by atoms with Gasteiger partial charge in [0.25, 0.3) is 0 Å². The molecule has 0 radical (unpaired) electrons. The van der Waals surface area contributed by atoms with Crippen LogP contribution in [-0.4, -0.2) is 36.0 Å². The monoisotopic (exact) mass is 471 g/mol. The number of rotatable bonds is 4. The van der Waals surface area contributed by atoms with E-state index >= 15 is 0 Å². The summed E-state index contributed by atoms with van der Waals surface area (Å²) in [6, 6.07) is 11.0. The molecule has 0 bridgehead atoms. The molecule has 1 saturated heterocycles. The van der Waals surface area contributed by atoms with E-state index in [0.717, 1.165) is 22.5 Å². The number of hydrogen-bond acceptors (Lipinski definition) is 5. The molecule has 0 amide bonds. The van der Waals surface area contributed by atoms with Gasteiger partial charge < -0.3 is 4.52 Å². The summed E-state index contributed by atoms with van der Waals surface area (Å²) < 4.78 is 72.5.